The number of amides is 3. The van der Waals surface area contributed by atoms with Crippen molar-refractivity contribution in [2.75, 3.05) is 11.9 Å². The van der Waals surface area contributed by atoms with Crippen LogP contribution in [0.1, 0.15) is 11.4 Å². The van der Waals surface area contributed by atoms with Crippen molar-refractivity contribution in [2.24, 2.45) is 23.7 Å². The smallest absolute Gasteiger partial charge is 0.299 e. The number of allylic oxidation sites excluding steroid dienone is 2. The van der Waals surface area contributed by atoms with Crippen molar-refractivity contribution >= 4 is 34.2 Å². The monoisotopic (exact) mass is 372 g/mol. The van der Waals surface area contributed by atoms with Crippen LogP contribution in [0.5, 0.6) is 0 Å². The maximum absolute atomic E-state index is 12.5. The Balaban J connectivity index is 1.43. The topological polar surface area (TPSA) is 92.3 Å². The molecule has 1 N–H and O–H groups in total. The Hall–Kier alpha value is -2.30. The number of imide groups is 1. The lowest BCUT2D eigenvalue weighted by Crippen LogP contribution is -2.39. The van der Waals surface area contributed by atoms with Crippen molar-refractivity contribution in [1.82, 2.24) is 15.1 Å². The van der Waals surface area contributed by atoms with Gasteiger partial charge in [-0.3, -0.25) is 24.6 Å². The molecular formula is C14H11F3N4O3S. The first-order valence-electron chi connectivity index (χ1n) is 7.50. The van der Waals surface area contributed by atoms with E-state index in [0.29, 0.717) is 0 Å². The number of carbonyl (C=O) groups excluding carboxylic acids is 3. The second-order valence-corrected chi connectivity index (χ2v) is 7.20. The van der Waals surface area contributed by atoms with Crippen molar-refractivity contribution in [3.8, 4) is 0 Å². The lowest BCUT2D eigenvalue weighted by atomic mass is 9.85. The fourth-order valence-corrected chi connectivity index (χ4v) is 4.44. The Kier molecular flexibility index (Phi) is 3.46. The molecular weight excluding hydrogens is 361 g/mol. The van der Waals surface area contributed by atoms with E-state index in [0.717, 1.165) is 11.3 Å². The summed E-state index contributed by atoms with van der Waals surface area (Å²) in [6.07, 6.45) is -0.00984. The number of fused-ring (bicyclic) bond motifs is 5. The molecule has 4 atom stereocenters. The Morgan fingerprint density at radius 1 is 1.20 bits per heavy atom. The van der Waals surface area contributed by atoms with Crippen molar-refractivity contribution in [1.29, 1.82) is 0 Å². The van der Waals surface area contributed by atoms with Gasteiger partial charge in [0.15, 0.2) is 0 Å². The summed E-state index contributed by atoms with van der Waals surface area (Å²) in [7, 11) is 0. The van der Waals surface area contributed by atoms with Crippen LogP contribution < -0.4 is 5.32 Å². The zero-order valence-electron chi connectivity index (χ0n) is 12.5. The van der Waals surface area contributed by atoms with Crippen LogP contribution in [0.4, 0.5) is 18.3 Å². The number of likely N-dealkylation sites (tertiary alicyclic amines) is 1. The summed E-state index contributed by atoms with van der Waals surface area (Å²) in [6, 6.07) is 0. The van der Waals surface area contributed by atoms with Gasteiger partial charge in [-0.2, -0.15) is 13.2 Å². The summed E-state index contributed by atoms with van der Waals surface area (Å²) in [5.74, 6) is -2.37. The Morgan fingerprint density at radius 2 is 1.80 bits per heavy atom. The number of nitrogens with zero attached hydrogens (tertiary/aromatic N) is 3. The molecule has 4 unspecified atom stereocenters. The molecule has 2 fully saturated rings. The first kappa shape index (κ1) is 16.2. The summed E-state index contributed by atoms with van der Waals surface area (Å²) < 4.78 is 37.4. The second-order valence-electron chi connectivity index (χ2n) is 6.22. The van der Waals surface area contributed by atoms with E-state index in [4.69, 9.17) is 0 Å². The highest BCUT2D eigenvalue weighted by atomic mass is 32.1. The number of hydrogen-bond donors (Lipinski definition) is 1. The van der Waals surface area contributed by atoms with Crippen LogP contribution in [0.2, 0.25) is 0 Å². The third-order valence-electron chi connectivity index (χ3n) is 4.78. The molecule has 11 heteroatoms. The van der Waals surface area contributed by atoms with E-state index >= 15 is 0 Å². The van der Waals surface area contributed by atoms with Gasteiger partial charge >= 0.3 is 6.18 Å². The lowest BCUT2D eigenvalue weighted by Gasteiger charge is -2.16. The van der Waals surface area contributed by atoms with Crippen molar-refractivity contribution < 1.29 is 27.6 Å². The molecule has 25 heavy (non-hydrogen) atoms. The van der Waals surface area contributed by atoms with Crippen molar-refractivity contribution in [3.05, 3.63) is 17.2 Å². The number of alkyl halides is 3. The quantitative estimate of drug-likeness (QED) is 0.638. The number of carbonyl (C=O) groups is 3. The van der Waals surface area contributed by atoms with Crippen molar-refractivity contribution in [2.45, 2.75) is 12.6 Å². The molecule has 2 aliphatic carbocycles. The molecule has 0 aromatic carbocycles. The lowest BCUT2D eigenvalue weighted by molar-refractivity contribution is -0.143. The van der Waals surface area contributed by atoms with Crippen LogP contribution in [0, 0.1) is 23.7 Å². The fraction of sp³-hybridized carbons (Fsp3) is 0.500. The number of aromatic nitrogens is 2. The van der Waals surface area contributed by atoms with Gasteiger partial charge in [-0.1, -0.05) is 23.5 Å². The van der Waals surface area contributed by atoms with Crippen LogP contribution in [-0.2, 0) is 20.6 Å². The molecule has 4 rings (SSSR count). The highest BCUT2D eigenvalue weighted by molar-refractivity contribution is 7.15. The summed E-state index contributed by atoms with van der Waals surface area (Å²) in [5, 5.41) is 6.82. The number of rotatable bonds is 3. The summed E-state index contributed by atoms with van der Waals surface area (Å²) >= 11 is 0.178. The molecule has 0 radical (unpaired) electrons. The number of nitrogens with one attached hydrogen (secondary N) is 1. The molecule has 3 amide bonds. The largest absolute Gasteiger partial charge is 0.445 e. The van der Waals surface area contributed by atoms with E-state index in [-0.39, 0.29) is 28.3 Å². The minimum absolute atomic E-state index is 0.0250. The molecule has 132 valence electrons. The first-order valence-corrected chi connectivity index (χ1v) is 8.31. The van der Waals surface area contributed by atoms with Crippen molar-refractivity contribution in [3.63, 3.8) is 0 Å². The molecule has 1 aromatic rings. The highest BCUT2D eigenvalue weighted by Gasteiger charge is 2.59. The number of halogens is 3. The van der Waals surface area contributed by atoms with Gasteiger partial charge in [0.25, 0.3) is 0 Å². The maximum atomic E-state index is 12.5. The van der Waals surface area contributed by atoms with Gasteiger partial charge in [-0.05, 0) is 18.3 Å². The molecule has 1 saturated heterocycles. The normalized spacial score (nSPS) is 30.3. The molecule has 3 aliphatic rings. The number of hydrogen-bond acceptors (Lipinski definition) is 6. The van der Waals surface area contributed by atoms with Gasteiger partial charge in [0.05, 0.1) is 11.8 Å². The van der Waals surface area contributed by atoms with Gasteiger partial charge < -0.3 is 0 Å². The Morgan fingerprint density at radius 3 is 2.32 bits per heavy atom. The van der Waals surface area contributed by atoms with Crippen LogP contribution in [-0.4, -0.2) is 39.4 Å². The van der Waals surface area contributed by atoms with Gasteiger partial charge in [-0.15, -0.1) is 10.2 Å². The van der Waals surface area contributed by atoms with E-state index in [1.807, 2.05) is 12.2 Å². The van der Waals surface area contributed by atoms with Crippen LogP contribution in [0.3, 0.4) is 0 Å². The third-order valence-corrected chi connectivity index (χ3v) is 5.66. The van der Waals surface area contributed by atoms with E-state index < -0.39 is 47.3 Å². The van der Waals surface area contributed by atoms with Crippen LogP contribution in [0.15, 0.2) is 12.2 Å². The fourth-order valence-electron chi connectivity index (χ4n) is 3.81. The first-order chi connectivity index (χ1) is 11.8. The Bertz CT molecular complexity index is 775. The van der Waals surface area contributed by atoms with E-state index in [2.05, 4.69) is 15.5 Å². The van der Waals surface area contributed by atoms with E-state index in [9.17, 15) is 27.6 Å². The zero-order chi connectivity index (χ0) is 17.9. The average Bonchev–Trinajstić information content (AvgIpc) is 3.27. The summed E-state index contributed by atoms with van der Waals surface area (Å²) in [5.41, 5.74) is 0. The van der Waals surface area contributed by atoms with Gasteiger partial charge in [0.1, 0.15) is 6.54 Å². The maximum Gasteiger partial charge on any atom is 0.445 e. The predicted octanol–water partition coefficient (Wildman–Crippen LogP) is 1.30. The van der Waals surface area contributed by atoms with E-state index in [1.54, 1.807) is 0 Å². The molecule has 2 heterocycles. The molecule has 1 aromatic heterocycles. The molecule has 0 spiro atoms. The SMILES string of the molecule is O=C(CN1C(=O)C2C3C=CC(C3)C2C1=O)Nc1nnc(C(F)(F)F)s1. The minimum Gasteiger partial charge on any atom is -0.299 e. The highest BCUT2D eigenvalue weighted by Crippen LogP contribution is 2.52. The van der Waals surface area contributed by atoms with Gasteiger partial charge in [0.2, 0.25) is 27.9 Å². The van der Waals surface area contributed by atoms with Crippen LogP contribution in [0.25, 0.3) is 0 Å². The van der Waals surface area contributed by atoms with Gasteiger partial charge in [0, 0.05) is 0 Å². The minimum atomic E-state index is -4.65. The number of anilines is 1. The summed E-state index contributed by atoms with van der Waals surface area (Å²) in [6.45, 7) is -0.537. The standard InChI is InChI=1S/C14H11F3N4O3S/c15-14(16,17)12-19-20-13(25-12)18-7(22)4-21-10(23)8-5-1-2-6(3-5)9(8)11(21)24/h1-2,5-6,8-9H,3-4H2,(H,18,20,22). The van der Waals surface area contributed by atoms with E-state index in [1.165, 1.54) is 0 Å². The predicted molar refractivity (Wildman–Crippen MR) is 78.0 cm³/mol. The van der Waals surface area contributed by atoms with Crippen LogP contribution >= 0.6 is 11.3 Å². The Labute approximate surface area is 142 Å². The zero-order valence-corrected chi connectivity index (χ0v) is 13.3. The molecule has 7 nitrogen and oxygen atoms in total. The summed E-state index contributed by atoms with van der Waals surface area (Å²) in [4.78, 5) is 37.7. The van der Waals surface area contributed by atoms with Gasteiger partial charge in [-0.25, -0.2) is 0 Å². The molecule has 1 saturated carbocycles. The second kappa shape index (κ2) is 5.35. The molecule has 2 bridgehead atoms. The third kappa shape index (κ3) is 2.53. The average molecular weight is 372 g/mol. The molecule has 1 aliphatic heterocycles.